The summed E-state index contributed by atoms with van der Waals surface area (Å²) >= 11 is 0. The van der Waals surface area contributed by atoms with Crippen LogP contribution in [0.5, 0.6) is 5.75 Å². The van der Waals surface area contributed by atoms with Gasteiger partial charge in [0.2, 0.25) is 0 Å². The van der Waals surface area contributed by atoms with Gasteiger partial charge in [0.25, 0.3) is 0 Å². The monoisotopic (exact) mass is 527 g/mol. The van der Waals surface area contributed by atoms with E-state index in [4.69, 9.17) is 4.74 Å². The Balaban J connectivity index is 1.54. The molecule has 0 saturated heterocycles. The van der Waals surface area contributed by atoms with Crippen LogP contribution in [0, 0.1) is 6.92 Å². The summed E-state index contributed by atoms with van der Waals surface area (Å²) < 4.78 is 5.37. The first-order valence-corrected chi connectivity index (χ1v) is 13.3. The molecule has 0 saturated carbocycles. The van der Waals surface area contributed by atoms with Gasteiger partial charge in [0, 0.05) is 17.1 Å². The SMILES string of the molecule is COc1ccc(N(c2ccc(/C=C(/c3ccc(C)cc3)c3ccc(CO)cc3)cc2)c2ccc(CO)cc2)cc1. The fourth-order valence-corrected chi connectivity index (χ4v) is 4.67. The number of nitrogens with zero attached hydrogens (tertiary/aromatic N) is 1. The number of rotatable bonds is 9. The molecule has 0 bridgehead atoms. The smallest absolute Gasteiger partial charge is 0.119 e. The second kappa shape index (κ2) is 12.5. The van der Waals surface area contributed by atoms with Gasteiger partial charge >= 0.3 is 0 Å². The van der Waals surface area contributed by atoms with Crippen LogP contribution >= 0.6 is 0 Å². The minimum atomic E-state index is 0.00981. The molecule has 0 spiro atoms. The van der Waals surface area contributed by atoms with Gasteiger partial charge in [-0.3, -0.25) is 0 Å². The first-order chi connectivity index (χ1) is 19.6. The third-order valence-electron chi connectivity index (χ3n) is 6.98. The highest BCUT2D eigenvalue weighted by molar-refractivity contribution is 5.92. The number of methoxy groups -OCH3 is 1. The number of ether oxygens (including phenoxy) is 1. The molecular formula is C36H33NO3. The zero-order chi connectivity index (χ0) is 27.9. The molecule has 4 nitrogen and oxygen atoms in total. The molecule has 0 aromatic heterocycles. The number of aryl methyl sites for hydroxylation is 1. The molecule has 0 aliphatic heterocycles. The Morgan fingerprint density at radius 3 is 1.50 bits per heavy atom. The molecule has 200 valence electrons. The first kappa shape index (κ1) is 26.9. The van der Waals surface area contributed by atoms with E-state index in [1.807, 2.05) is 60.7 Å². The molecule has 40 heavy (non-hydrogen) atoms. The molecule has 0 radical (unpaired) electrons. The molecule has 0 atom stereocenters. The Labute approximate surface area is 236 Å². The number of aliphatic hydroxyl groups excluding tert-OH is 2. The van der Waals surface area contributed by atoms with Crippen molar-refractivity contribution in [2.24, 2.45) is 0 Å². The summed E-state index contributed by atoms with van der Waals surface area (Å²) in [5.74, 6) is 0.801. The van der Waals surface area contributed by atoms with Gasteiger partial charge in [0.15, 0.2) is 0 Å². The topological polar surface area (TPSA) is 52.9 Å². The van der Waals surface area contributed by atoms with Crippen LogP contribution in [0.4, 0.5) is 17.1 Å². The maximum Gasteiger partial charge on any atom is 0.119 e. The normalized spacial score (nSPS) is 11.3. The lowest BCUT2D eigenvalue weighted by Gasteiger charge is -2.26. The van der Waals surface area contributed by atoms with Crippen LogP contribution in [0.1, 0.15) is 33.4 Å². The van der Waals surface area contributed by atoms with E-state index in [1.165, 1.54) is 5.56 Å². The van der Waals surface area contributed by atoms with Crippen molar-refractivity contribution >= 4 is 28.7 Å². The van der Waals surface area contributed by atoms with Gasteiger partial charge < -0.3 is 19.8 Å². The van der Waals surface area contributed by atoms with E-state index in [-0.39, 0.29) is 13.2 Å². The predicted molar refractivity (Wildman–Crippen MR) is 164 cm³/mol. The van der Waals surface area contributed by atoms with Crippen molar-refractivity contribution < 1.29 is 14.9 Å². The quantitative estimate of drug-likeness (QED) is 0.190. The van der Waals surface area contributed by atoms with Gasteiger partial charge in [0.05, 0.1) is 20.3 Å². The fraction of sp³-hybridized carbons (Fsp3) is 0.111. The summed E-state index contributed by atoms with van der Waals surface area (Å²) in [4.78, 5) is 2.18. The lowest BCUT2D eigenvalue weighted by atomic mass is 9.94. The second-order valence-electron chi connectivity index (χ2n) is 9.73. The van der Waals surface area contributed by atoms with Crippen molar-refractivity contribution in [3.63, 3.8) is 0 Å². The van der Waals surface area contributed by atoms with Gasteiger partial charge in [0.1, 0.15) is 5.75 Å². The van der Waals surface area contributed by atoms with Crippen LogP contribution in [0.3, 0.4) is 0 Å². The maximum atomic E-state index is 9.52. The summed E-state index contributed by atoms with van der Waals surface area (Å²) in [6.07, 6.45) is 2.20. The minimum absolute atomic E-state index is 0.00981. The minimum Gasteiger partial charge on any atom is -0.497 e. The van der Waals surface area contributed by atoms with Crippen LogP contribution < -0.4 is 9.64 Å². The Morgan fingerprint density at radius 2 is 1.02 bits per heavy atom. The van der Waals surface area contributed by atoms with E-state index in [9.17, 15) is 10.2 Å². The van der Waals surface area contributed by atoms with E-state index in [0.717, 1.165) is 56.2 Å². The molecule has 0 unspecified atom stereocenters. The summed E-state index contributed by atoms with van der Waals surface area (Å²) in [7, 11) is 1.67. The lowest BCUT2D eigenvalue weighted by molar-refractivity contribution is 0.281. The van der Waals surface area contributed by atoms with Crippen LogP contribution in [-0.2, 0) is 13.2 Å². The van der Waals surface area contributed by atoms with Crippen LogP contribution in [0.15, 0.2) is 121 Å². The number of benzene rings is 5. The Bertz CT molecular complexity index is 1510. The molecular weight excluding hydrogens is 494 g/mol. The highest BCUT2D eigenvalue weighted by Gasteiger charge is 2.13. The van der Waals surface area contributed by atoms with Gasteiger partial charge in [-0.15, -0.1) is 0 Å². The lowest BCUT2D eigenvalue weighted by Crippen LogP contribution is -2.10. The number of anilines is 3. The number of aliphatic hydroxyl groups is 2. The van der Waals surface area contributed by atoms with Crippen molar-refractivity contribution in [1.29, 1.82) is 0 Å². The highest BCUT2D eigenvalue weighted by Crippen LogP contribution is 2.36. The zero-order valence-electron chi connectivity index (χ0n) is 22.8. The number of hydrogen-bond acceptors (Lipinski definition) is 4. The molecule has 5 rings (SSSR count). The van der Waals surface area contributed by atoms with E-state index >= 15 is 0 Å². The van der Waals surface area contributed by atoms with Crippen molar-refractivity contribution in [2.75, 3.05) is 12.0 Å². The van der Waals surface area contributed by atoms with Crippen LogP contribution in [0.2, 0.25) is 0 Å². The molecule has 0 aliphatic rings. The molecule has 2 N–H and O–H groups in total. The van der Waals surface area contributed by atoms with Crippen molar-refractivity contribution in [3.05, 3.63) is 155 Å². The maximum absolute atomic E-state index is 9.52. The van der Waals surface area contributed by atoms with Crippen molar-refractivity contribution in [2.45, 2.75) is 20.1 Å². The van der Waals surface area contributed by atoms with Gasteiger partial charge in [-0.25, -0.2) is 0 Å². The van der Waals surface area contributed by atoms with Gasteiger partial charge in [-0.05, 0) is 94.9 Å². The molecule has 0 fully saturated rings. The zero-order valence-corrected chi connectivity index (χ0v) is 22.8. The van der Waals surface area contributed by atoms with E-state index in [2.05, 4.69) is 78.6 Å². The van der Waals surface area contributed by atoms with Crippen LogP contribution in [0.25, 0.3) is 11.6 Å². The molecule has 5 aromatic rings. The Morgan fingerprint density at radius 1 is 0.600 bits per heavy atom. The summed E-state index contributed by atoms with van der Waals surface area (Å²) in [5.41, 5.74) is 10.4. The first-order valence-electron chi connectivity index (χ1n) is 13.3. The molecule has 5 aromatic carbocycles. The standard InChI is InChI=1S/C36H33NO3/c1-26-3-11-30(12-4-26)36(31-13-5-28(24-38)6-14-31)23-27-7-15-32(16-8-27)37(33-17-9-29(25-39)10-18-33)34-19-21-35(40-2)22-20-34/h3-23,38-39H,24-25H2,1-2H3/b36-23-. The highest BCUT2D eigenvalue weighted by atomic mass is 16.5. The third-order valence-corrected chi connectivity index (χ3v) is 6.98. The van der Waals surface area contributed by atoms with Crippen molar-refractivity contribution in [3.8, 4) is 5.75 Å². The molecule has 0 amide bonds. The van der Waals surface area contributed by atoms with Gasteiger partial charge in [-0.2, -0.15) is 0 Å². The summed E-state index contributed by atoms with van der Waals surface area (Å²) in [5, 5.41) is 19.0. The van der Waals surface area contributed by atoms with E-state index < -0.39 is 0 Å². The average molecular weight is 528 g/mol. The van der Waals surface area contributed by atoms with Gasteiger partial charge in [-0.1, -0.05) is 78.4 Å². The largest absolute Gasteiger partial charge is 0.497 e. The molecule has 0 aliphatic carbocycles. The van der Waals surface area contributed by atoms with E-state index in [0.29, 0.717) is 0 Å². The van der Waals surface area contributed by atoms with E-state index in [1.54, 1.807) is 7.11 Å². The third kappa shape index (κ3) is 6.15. The Kier molecular flexibility index (Phi) is 8.41. The van der Waals surface area contributed by atoms with Crippen molar-refractivity contribution in [1.82, 2.24) is 0 Å². The second-order valence-corrected chi connectivity index (χ2v) is 9.73. The predicted octanol–water partition coefficient (Wildman–Crippen LogP) is 8.05. The average Bonchev–Trinajstić information content (AvgIpc) is 3.02. The number of hydrogen-bond donors (Lipinski definition) is 2. The van der Waals surface area contributed by atoms with Crippen LogP contribution in [-0.4, -0.2) is 17.3 Å². The summed E-state index contributed by atoms with van der Waals surface area (Å²) in [6.45, 7) is 2.13. The molecule has 0 heterocycles. The molecule has 4 heteroatoms. The fourth-order valence-electron chi connectivity index (χ4n) is 4.67. The summed E-state index contributed by atoms with van der Waals surface area (Å²) in [6, 6.07) is 41.0. The Hall–Kier alpha value is -4.64.